The third-order valence-electron chi connectivity index (χ3n) is 3.63. The molecule has 2 atom stereocenters. The number of likely N-dealkylation sites (tertiary alicyclic amines) is 1. The van der Waals surface area contributed by atoms with Gasteiger partial charge < -0.3 is 4.74 Å². The first-order valence-corrected chi connectivity index (χ1v) is 7.68. The second-order valence-corrected chi connectivity index (χ2v) is 8.04. The zero-order valence-electron chi connectivity index (χ0n) is 12.5. The maximum Gasteiger partial charge on any atom is 0.0704 e. The molecule has 0 aliphatic carbocycles. The van der Waals surface area contributed by atoms with Crippen LogP contribution in [-0.2, 0) is 4.74 Å². The molecule has 1 rings (SSSR count). The van der Waals surface area contributed by atoms with Crippen molar-refractivity contribution in [2.24, 2.45) is 5.41 Å². The average molecular weight is 259 g/mol. The molecule has 0 N–H and O–H groups in total. The lowest BCUT2D eigenvalue weighted by atomic mass is 9.80. The van der Waals surface area contributed by atoms with Crippen molar-refractivity contribution in [3.05, 3.63) is 0 Å². The third-order valence-corrected chi connectivity index (χ3v) is 5.17. The lowest BCUT2D eigenvalue weighted by Gasteiger charge is -2.53. The van der Waals surface area contributed by atoms with Gasteiger partial charge in [0.25, 0.3) is 0 Å². The third kappa shape index (κ3) is 3.62. The first kappa shape index (κ1) is 15.3. The van der Waals surface area contributed by atoms with Crippen molar-refractivity contribution >= 4 is 11.8 Å². The molecule has 0 saturated carbocycles. The smallest absolute Gasteiger partial charge is 0.0704 e. The van der Waals surface area contributed by atoms with E-state index in [4.69, 9.17) is 4.74 Å². The molecule has 0 aromatic heterocycles. The predicted molar refractivity (Wildman–Crippen MR) is 77.6 cm³/mol. The minimum atomic E-state index is 0.210. The number of methoxy groups -OCH3 is 1. The largest absolute Gasteiger partial charge is 0.380 e. The zero-order chi connectivity index (χ0) is 13.3. The van der Waals surface area contributed by atoms with Crippen LogP contribution in [0.15, 0.2) is 0 Å². The SMILES string of the molecule is CCS[C@@H]1N(C(C)(C)C)C[C@@H](OC)CC1(C)C. The first-order chi connectivity index (χ1) is 7.72. The summed E-state index contributed by atoms with van der Waals surface area (Å²) in [4.78, 5) is 2.62. The molecule has 3 heteroatoms. The van der Waals surface area contributed by atoms with Gasteiger partial charge in [0.1, 0.15) is 0 Å². The minimum Gasteiger partial charge on any atom is -0.380 e. The van der Waals surface area contributed by atoms with Crippen molar-refractivity contribution in [1.29, 1.82) is 0 Å². The minimum absolute atomic E-state index is 0.210. The van der Waals surface area contributed by atoms with E-state index in [9.17, 15) is 0 Å². The van der Waals surface area contributed by atoms with Gasteiger partial charge in [0, 0.05) is 19.2 Å². The fourth-order valence-corrected chi connectivity index (χ4v) is 4.19. The molecule has 2 nitrogen and oxygen atoms in total. The van der Waals surface area contributed by atoms with Gasteiger partial charge in [0.15, 0.2) is 0 Å². The molecule has 1 saturated heterocycles. The molecule has 0 bridgehead atoms. The van der Waals surface area contributed by atoms with Crippen LogP contribution in [0.2, 0.25) is 0 Å². The van der Waals surface area contributed by atoms with Crippen molar-refractivity contribution in [3.63, 3.8) is 0 Å². The summed E-state index contributed by atoms with van der Waals surface area (Å²) in [5.74, 6) is 1.18. The highest BCUT2D eigenvalue weighted by Gasteiger charge is 2.45. The van der Waals surface area contributed by atoms with E-state index in [0.717, 1.165) is 13.0 Å². The van der Waals surface area contributed by atoms with E-state index in [0.29, 0.717) is 16.9 Å². The molecule has 1 heterocycles. The van der Waals surface area contributed by atoms with Crippen LogP contribution < -0.4 is 0 Å². The second kappa shape index (κ2) is 5.50. The lowest BCUT2D eigenvalue weighted by Crippen LogP contribution is -2.60. The molecular weight excluding hydrogens is 230 g/mol. The van der Waals surface area contributed by atoms with Gasteiger partial charge in [-0.3, -0.25) is 4.90 Å². The van der Waals surface area contributed by atoms with Crippen LogP contribution in [0.4, 0.5) is 0 Å². The van der Waals surface area contributed by atoms with Crippen LogP contribution >= 0.6 is 11.8 Å². The van der Waals surface area contributed by atoms with E-state index >= 15 is 0 Å². The summed E-state index contributed by atoms with van der Waals surface area (Å²) in [6, 6.07) is 0. The van der Waals surface area contributed by atoms with Crippen molar-refractivity contribution in [2.45, 2.75) is 65.0 Å². The Morgan fingerprint density at radius 1 is 1.35 bits per heavy atom. The summed E-state index contributed by atoms with van der Waals surface area (Å²) < 4.78 is 5.63. The van der Waals surface area contributed by atoms with Gasteiger partial charge in [0.05, 0.1) is 11.5 Å². The number of hydrogen-bond acceptors (Lipinski definition) is 3. The average Bonchev–Trinajstić information content (AvgIpc) is 2.18. The van der Waals surface area contributed by atoms with Crippen molar-refractivity contribution in [2.75, 3.05) is 19.4 Å². The molecule has 0 amide bonds. The molecule has 0 aromatic rings. The highest BCUT2D eigenvalue weighted by molar-refractivity contribution is 7.99. The first-order valence-electron chi connectivity index (χ1n) is 6.63. The normalized spacial score (nSPS) is 30.5. The Hall–Kier alpha value is 0.270. The monoisotopic (exact) mass is 259 g/mol. The maximum atomic E-state index is 5.63. The molecule has 0 spiro atoms. The summed E-state index contributed by atoms with van der Waals surface area (Å²) in [7, 11) is 1.84. The summed E-state index contributed by atoms with van der Waals surface area (Å²) in [6.07, 6.45) is 1.53. The standard InChI is InChI=1S/C14H29NOS/c1-8-17-12-14(5,6)9-11(16-7)10-15(12)13(2,3)4/h11-12H,8-10H2,1-7H3/t11-,12-/m0/s1. The highest BCUT2D eigenvalue weighted by atomic mass is 32.2. The van der Waals surface area contributed by atoms with E-state index in [-0.39, 0.29) is 5.54 Å². The molecule has 1 aliphatic heterocycles. The Morgan fingerprint density at radius 3 is 2.35 bits per heavy atom. The quantitative estimate of drug-likeness (QED) is 0.768. The van der Waals surface area contributed by atoms with Gasteiger partial charge in [-0.1, -0.05) is 20.8 Å². The molecule has 17 heavy (non-hydrogen) atoms. The fourth-order valence-electron chi connectivity index (χ4n) is 2.75. The lowest BCUT2D eigenvalue weighted by molar-refractivity contribution is -0.0631. The zero-order valence-corrected chi connectivity index (χ0v) is 13.4. The van der Waals surface area contributed by atoms with Crippen LogP contribution in [0.25, 0.3) is 0 Å². The summed E-state index contributed by atoms with van der Waals surface area (Å²) in [6.45, 7) is 15.0. The van der Waals surface area contributed by atoms with Crippen LogP contribution in [0.3, 0.4) is 0 Å². The van der Waals surface area contributed by atoms with Crippen molar-refractivity contribution in [3.8, 4) is 0 Å². The molecular formula is C14H29NOS. The van der Waals surface area contributed by atoms with E-state index < -0.39 is 0 Å². The predicted octanol–water partition coefficient (Wildman–Crippen LogP) is 3.61. The van der Waals surface area contributed by atoms with Crippen LogP contribution in [0, 0.1) is 5.41 Å². The van der Waals surface area contributed by atoms with Crippen LogP contribution in [0.5, 0.6) is 0 Å². The molecule has 0 radical (unpaired) electrons. The van der Waals surface area contributed by atoms with E-state index in [1.165, 1.54) is 5.75 Å². The van der Waals surface area contributed by atoms with Crippen molar-refractivity contribution in [1.82, 2.24) is 4.90 Å². The van der Waals surface area contributed by atoms with Gasteiger partial charge in [-0.2, -0.15) is 0 Å². The Bertz CT molecular complexity index is 247. The summed E-state index contributed by atoms with van der Waals surface area (Å²) >= 11 is 2.08. The van der Waals surface area contributed by atoms with Gasteiger partial charge in [0.2, 0.25) is 0 Å². The van der Waals surface area contributed by atoms with Gasteiger partial charge in [-0.05, 0) is 38.4 Å². The highest BCUT2D eigenvalue weighted by Crippen LogP contribution is 2.44. The number of nitrogens with zero attached hydrogens (tertiary/aromatic N) is 1. The van der Waals surface area contributed by atoms with E-state index in [1.54, 1.807) is 0 Å². The number of rotatable bonds is 3. The molecule has 102 valence electrons. The fraction of sp³-hybridized carbons (Fsp3) is 1.00. The van der Waals surface area contributed by atoms with Gasteiger partial charge in [-0.25, -0.2) is 0 Å². The van der Waals surface area contributed by atoms with E-state index in [1.807, 2.05) is 7.11 Å². The van der Waals surface area contributed by atoms with Gasteiger partial charge in [-0.15, -0.1) is 11.8 Å². The number of hydrogen-bond donors (Lipinski definition) is 0. The van der Waals surface area contributed by atoms with Crippen LogP contribution in [-0.4, -0.2) is 41.3 Å². The summed E-state index contributed by atoms with van der Waals surface area (Å²) in [5, 5.41) is 0.596. The second-order valence-electron chi connectivity index (χ2n) is 6.68. The molecule has 0 aromatic carbocycles. The summed E-state index contributed by atoms with van der Waals surface area (Å²) in [5.41, 5.74) is 0.522. The Morgan fingerprint density at radius 2 is 1.94 bits per heavy atom. The Labute approximate surface area is 111 Å². The molecule has 0 unspecified atom stereocenters. The van der Waals surface area contributed by atoms with Crippen LogP contribution in [0.1, 0.15) is 48.0 Å². The Balaban J connectivity index is 2.95. The number of piperidine rings is 1. The number of thioether (sulfide) groups is 1. The van der Waals surface area contributed by atoms with Crippen molar-refractivity contribution < 1.29 is 4.74 Å². The molecule has 1 aliphatic rings. The number of ether oxygens (including phenoxy) is 1. The molecule has 1 fully saturated rings. The maximum absolute atomic E-state index is 5.63. The van der Waals surface area contributed by atoms with Gasteiger partial charge >= 0.3 is 0 Å². The van der Waals surface area contributed by atoms with E-state index in [2.05, 4.69) is 58.2 Å². The Kier molecular flexibility index (Phi) is 4.96. The topological polar surface area (TPSA) is 12.5 Å².